The lowest BCUT2D eigenvalue weighted by atomic mass is 9.72. The molecule has 1 aliphatic carbocycles. The molecule has 0 radical (unpaired) electrons. The number of nitrogens with two attached hydrogens (primary N) is 1. The van der Waals surface area contributed by atoms with Crippen LogP contribution in [0, 0.1) is 0 Å². The number of anilines is 1. The fourth-order valence-electron chi connectivity index (χ4n) is 4.65. The first-order chi connectivity index (χ1) is 12.9. The molecule has 0 aromatic carbocycles. The van der Waals surface area contributed by atoms with Crippen LogP contribution in [0.15, 0.2) is 12.7 Å². The van der Waals surface area contributed by atoms with Crippen molar-refractivity contribution in [2.45, 2.75) is 75.9 Å². The number of ether oxygens (including phenoxy) is 3. The van der Waals surface area contributed by atoms with Gasteiger partial charge >= 0.3 is 0 Å². The molecule has 1 spiro atoms. The van der Waals surface area contributed by atoms with E-state index in [0.717, 1.165) is 25.8 Å². The highest BCUT2D eigenvalue weighted by atomic mass is 16.8. The van der Waals surface area contributed by atoms with E-state index in [4.69, 9.17) is 19.9 Å². The fourth-order valence-corrected chi connectivity index (χ4v) is 4.65. The second-order valence-corrected chi connectivity index (χ2v) is 8.24. The van der Waals surface area contributed by atoms with Crippen molar-refractivity contribution in [1.29, 1.82) is 0 Å². The predicted octanol–water partition coefficient (Wildman–Crippen LogP) is 1.36. The zero-order chi connectivity index (χ0) is 18.8. The predicted molar refractivity (Wildman–Crippen MR) is 97.7 cm³/mol. The Balaban J connectivity index is 1.47. The van der Waals surface area contributed by atoms with Gasteiger partial charge in [0.05, 0.1) is 6.33 Å². The zero-order valence-electron chi connectivity index (χ0n) is 15.9. The molecule has 3 atom stereocenters. The number of rotatable bonds is 4. The van der Waals surface area contributed by atoms with Crippen LogP contribution in [0.25, 0.3) is 11.2 Å². The molecule has 5 rings (SSSR count). The Bertz CT molecular complexity index is 862. The molecular weight excluding hydrogens is 348 g/mol. The lowest BCUT2D eigenvalue weighted by molar-refractivity contribution is -0.239. The molecule has 0 unspecified atom stereocenters. The summed E-state index contributed by atoms with van der Waals surface area (Å²) in [6.45, 7) is 7.10. The third kappa shape index (κ3) is 2.56. The van der Waals surface area contributed by atoms with Gasteiger partial charge in [0.2, 0.25) is 0 Å². The summed E-state index contributed by atoms with van der Waals surface area (Å²) in [4.78, 5) is 12.8. The summed E-state index contributed by atoms with van der Waals surface area (Å²) in [5, 5.41) is 3.57. The van der Waals surface area contributed by atoms with Gasteiger partial charge in [0.1, 0.15) is 29.7 Å². The summed E-state index contributed by atoms with van der Waals surface area (Å²) in [5.74, 6) is -0.282. The Hall–Kier alpha value is -1.81. The Morgan fingerprint density at radius 1 is 1.22 bits per heavy atom. The van der Waals surface area contributed by atoms with Gasteiger partial charge < -0.3 is 25.3 Å². The molecule has 9 nitrogen and oxygen atoms in total. The van der Waals surface area contributed by atoms with Crippen LogP contribution in [-0.2, 0) is 14.2 Å². The van der Waals surface area contributed by atoms with Crippen LogP contribution in [0.3, 0.4) is 0 Å². The minimum atomic E-state index is -0.642. The highest BCUT2D eigenvalue weighted by molar-refractivity contribution is 5.81. The molecule has 2 aromatic rings. The first kappa shape index (κ1) is 17.3. The summed E-state index contributed by atoms with van der Waals surface area (Å²) >= 11 is 0. The summed E-state index contributed by atoms with van der Waals surface area (Å²) in [7, 11) is 0. The number of aromatic nitrogens is 4. The molecule has 2 aliphatic heterocycles. The summed E-state index contributed by atoms with van der Waals surface area (Å²) in [6, 6.07) is 0.453. The fraction of sp³-hybridized carbons (Fsp3) is 0.722. The second kappa shape index (κ2) is 5.84. The first-order valence-corrected chi connectivity index (χ1v) is 9.62. The average Bonchev–Trinajstić information content (AvgIpc) is 3.22. The van der Waals surface area contributed by atoms with Gasteiger partial charge in [0, 0.05) is 6.04 Å². The van der Waals surface area contributed by atoms with E-state index in [2.05, 4.69) is 27.2 Å². The molecule has 146 valence electrons. The van der Waals surface area contributed by atoms with Gasteiger partial charge in [-0.1, -0.05) is 6.92 Å². The lowest BCUT2D eigenvalue weighted by Crippen LogP contribution is -2.60. The Morgan fingerprint density at radius 3 is 2.81 bits per heavy atom. The smallest absolute Gasteiger partial charge is 0.167 e. The van der Waals surface area contributed by atoms with Crippen molar-refractivity contribution in [1.82, 2.24) is 24.8 Å². The van der Waals surface area contributed by atoms with E-state index in [1.165, 1.54) is 6.33 Å². The number of imidazole rings is 1. The van der Waals surface area contributed by atoms with Gasteiger partial charge in [-0.2, -0.15) is 0 Å². The second-order valence-electron chi connectivity index (χ2n) is 8.24. The van der Waals surface area contributed by atoms with Gasteiger partial charge in [-0.15, -0.1) is 0 Å². The maximum absolute atomic E-state index is 6.58. The van der Waals surface area contributed by atoms with Crippen molar-refractivity contribution in [2.75, 3.05) is 12.3 Å². The zero-order valence-corrected chi connectivity index (χ0v) is 15.9. The normalized spacial score (nSPS) is 37.0. The van der Waals surface area contributed by atoms with Gasteiger partial charge in [-0.3, -0.25) is 4.57 Å². The third-order valence-electron chi connectivity index (χ3n) is 5.81. The van der Waals surface area contributed by atoms with E-state index in [1.54, 1.807) is 6.33 Å². The third-order valence-corrected chi connectivity index (χ3v) is 5.81. The van der Waals surface area contributed by atoms with E-state index < -0.39 is 5.79 Å². The van der Waals surface area contributed by atoms with Gasteiger partial charge in [-0.05, 0) is 39.7 Å². The quantitative estimate of drug-likeness (QED) is 0.826. The molecule has 3 fully saturated rings. The number of fused-ring (bicyclic) bond motifs is 3. The summed E-state index contributed by atoms with van der Waals surface area (Å²) in [6.07, 6.45) is 5.39. The van der Waals surface area contributed by atoms with E-state index >= 15 is 0 Å². The van der Waals surface area contributed by atoms with Crippen LogP contribution in [0.2, 0.25) is 0 Å². The molecule has 27 heavy (non-hydrogen) atoms. The molecule has 2 aromatic heterocycles. The highest BCUT2D eigenvalue weighted by Gasteiger charge is 2.67. The highest BCUT2D eigenvalue weighted by Crippen LogP contribution is 2.56. The first-order valence-electron chi connectivity index (χ1n) is 9.62. The maximum Gasteiger partial charge on any atom is 0.167 e. The van der Waals surface area contributed by atoms with E-state index in [1.807, 2.05) is 18.4 Å². The van der Waals surface area contributed by atoms with Crippen molar-refractivity contribution in [2.24, 2.45) is 0 Å². The molecule has 1 saturated carbocycles. The molecular formula is C18H26N6O3. The number of hydrogen-bond donors (Lipinski definition) is 2. The van der Waals surface area contributed by atoms with E-state index in [9.17, 15) is 0 Å². The molecule has 0 amide bonds. The van der Waals surface area contributed by atoms with Crippen molar-refractivity contribution in [3.05, 3.63) is 12.7 Å². The topological polar surface area (TPSA) is 109 Å². The molecule has 9 heteroatoms. The van der Waals surface area contributed by atoms with Crippen LogP contribution in [0.1, 0.15) is 46.3 Å². The summed E-state index contributed by atoms with van der Waals surface area (Å²) < 4.78 is 21.0. The molecule has 3 aliphatic rings. The van der Waals surface area contributed by atoms with E-state index in [0.29, 0.717) is 23.0 Å². The Morgan fingerprint density at radius 2 is 2.04 bits per heavy atom. The van der Waals surface area contributed by atoms with Crippen LogP contribution >= 0.6 is 0 Å². The molecule has 2 saturated heterocycles. The molecule has 4 heterocycles. The SMILES string of the molecule is CCCN[C@H]1C[C@@]2(C1)O[C@@H](n1cnc3c(N)ncnc31)[C@@H]1OC(C)(C)O[C@@H]12. The lowest BCUT2D eigenvalue weighted by Gasteiger charge is -2.47. The van der Waals surface area contributed by atoms with Crippen LogP contribution in [0.4, 0.5) is 5.82 Å². The largest absolute Gasteiger partial charge is 0.382 e. The van der Waals surface area contributed by atoms with E-state index in [-0.39, 0.29) is 24.0 Å². The van der Waals surface area contributed by atoms with Crippen molar-refractivity contribution < 1.29 is 14.2 Å². The standard InChI is InChI=1S/C18H26N6O3/c1-4-5-20-10-6-18(7-10)13-12(25-17(2,3)26-13)16(27-18)24-9-23-11-14(19)21-8-22-15(11)24/h8-10,12-13,16,20H,4-7H2,1-3H3,(H2,19,21,22)/t10-,12-,13+,16-,18-/m1/s1. The summed E-state index contributed by atoms with van der Waals surface area (Å²) in [5.41, 5.74) is 6.82. The van der Waals surface area contributed by atoms with Gasteiger partial charge in [-0.25, -0.2) is 15.0 Å². The maximum atomic E-state index is 6.58. The minimum Gasteiger partial charge on any atom is -0.382 e. The number of hydrogen-bond acceptors (Lipinski definition) is 8. The monoisotopic (exact) mass is 374 g/mol. The van der Waals surface area contributed by atoms with Crippen LogP contribution < -0.4 is 11.1 Å². The van der Waals surface area contributed by atoms with Gasteiger partial charge in [0.15, 0.2) is 23.5 Å². The number of nitrogens with zero attached hydrogens (tertiary/aromatic N) is 4. The Kier molecular flexibility index (Phi) is 3.74. The van der Waals surface area contributed by atoms with Crippen molar-refractivity contribution >= 4 is 17.0 Å². The molecule has 3 N–H and O–H groups in total. The minimum absolute atomic E-state index is 0.117. The Labute approximate surface area is 157 Å². The van der Waals surface area contributed by atoms with Crippen molar-refractivity contribution in [3.63, 3.8) is 0 Å². The van der Waals surface area contributed by atoms with Gasteiger partial charge in [0.25, 0.3) is 0 Å². The van der Waals surface area contributed by atoms with Crippen LogP contribution in [-0.4, -0.2) is 55.7 Å². The number of nitrogen functional groups attached to an aromatic ring is 1. The number of nitrogens with one attached hydrogen (secondary N) is 1. The van der Waals surface area contributed by atoms with Crippen LogP contribution in [0.5, 0.6) is 0 Å². The average molecular weight is 374 g/mol. The molecule has 0 bridgehead atoms. The van der Waals surface area contributed by atoms with Crippen molar-refractivity contribution in [3.8, 4) is 0 Å².